The average Bonchev–Trinajstić information content (AvgIpc) is 3.02. The normalized spacial score (nSPS) is 20.3. The molecule has 2 aromatic heterocycles. The minimum atomic E-state index is -0.211. The van der Waals surface area contributed by atoms with Crippen molar-refractivity contribution in [2.24, 2.45) is 5.92 Å². The van der Waals surface area contributed by atoms with Gasteiger partial charge in [0.1, 0.15) is 11.5 Å². The van der Waals surface area contributed by atoms with Crippen molar-refractivity contribution in [3.8, 4) is 0 Å². The fourth-order valence-electron chi connectivity index (χ4n) is 2.33. The monoisotopic (exact) mass is 305 g/mol. The van der Waals surface area contributed by atoms with Gasteiger partial charge >= 0.3 is 0 Å². The molecule has 0 spiro atoms. The second-order valence-electron chi connectivity index (χ2n) is 5.53. The van der Waals surface area contributed by atoms with Crippen LogP contribution in [0.3, 0.4) is 0 Å². The third-order valence-electron chi connectivity index (χ3n) is 3.75. The quantitative estimate of drug-likeness (QED) is 0.871. The van der Waals surface area contributed by atoms with Gasteiger partial charge in [0, 0.05) is 13.0 Å². The Morgan fingerprint density at radius 1 is 1.38 bits per heavy atom. The van der Waals surface area contributed by atoms with Crippen molar-refractivity contribution in [2.45, 2.75) is 25.8 Å². The van der Waals surface area contributed by atoms with Crippen molar-refractivity contribution in [3.63, 3.8) is 0 Å². The highest BCUT2D eigenvalue weighted by Gasteiger charge is 2.36. The Kier molecular flexibility index (Phi) is 3.68. The minimum absolute atomic E-state index is 0.211. The highest BCUT2D eigenvalue weighted by molar-refractivity contribution is 6.29. The molecule has 1 fully saturated rings. The number of furan rings is 1. The van der Waals surface area contributed by atoms with Crippen LogP contribution in [-0.4, -0.2) is 28.1 Å². The molecule has 2 aromatic rings. The third kappa shape index (κ3) is 3.08. The molecule has 0 saturated heterocycles. The van der Waals surface area contributed by atoms with Gasteiger partial charge in [-0.2, -0.15) is 0 Å². The van der Waals surface area contributed by atoms with Crippen LogP contribution in [-0.2, 0) is 6.54 Å². The average molecular weight is 306 g/mol. The summed E-state index contributed by atoms with van der Waals surface area (Å²) in [5, 5.41) is 7.74. The first-order valence-electron chi connectivity index (χ1n) is 6.88. The predicted molar refractivity (Wildman–Crippen MR) is 78.1 cm³/mol. The molecule has 6 heteroatoms. The van der Waals surface area contributed by atoms with E-state index < -0.39 is 0 Å². The van der Waals surface area contributed by atoms with E-state index in [0.29, 0.717) is 18.4 Å². The second kappa shape index (κ2) is 5.48. The van der Waals surface area contributed by atoms with E-state index in [1.54, 1.807) is 24.1 Å². The number of aromatic nitrogens is 2. The SMILES string of the molecule is CC1CC1c1ccc(CN(C)C(=O)c2ccc(Cl)nn2)o1. The molecule has 1 aliphatic carbocycles. The number of hydrogen-bond donors (Lipinski definition) is 0. The number of nitrogens with zero attached hydrogens (tertiary/aromatic N) is 3. The number of amides is 1. The molecule has 2 atom stereocenters. The van der Waals surface area contributed by atoms with Crippen molar-refractivity contribution >= 4 is 17.5 Å². The molecule has 110 valence electrons. The second-order valence-corrected chi connectivity index (χ2v) is 5.91. The summed E-state index contributed by atoms with van der Waals surface area (Å²) in [4.78, 5) is 13.8. The van der Waals surface area contributed by atoms with Crippen molar-refractivity contribution < 1.29 is 9.21 Å². The maximum Gasteiger partial charge on any atom is 0.274 e. The smallest absolute Gasteiger partial charge is 0.274 e. The van der Waals surface area contributed by atoms with Crippen LogP contribution in [0.2, 0.25) is 5.15 Å². The van der Waals surface area contributed by atoms with Gasteiger partial charge in [-0.15, -0.1) is 10.2 Å². The largest absolute Gasteiger partial charge is 0.464 e. The summed E-state index contributed by atoms with van der Waals surface area (Å²) >= 11 is 5.66. The molecular formula is C15H16ClN3O2. The fourth-order valence-corrected chi connectivity index (χ4v) is 2.43. The van der Waals surface area contributed by atoms with Gasteiger partial charge in [-0.1, -0.05) is 18.5 Å². The molecule has 0 radical (unpaired) electrons. The summed E-state index contributed by atoms with van der Waals surface area (Å²) in [6.07, 6.45) is 1.18. The number of carbonyl (C=O) groups is 1. The van der Waals surface area contributed by atoms with E-state index in [1.807, 2.05) is 12.1 Å². The van der Waals surface area contributed by atoms with Gasteiger partial charge in [-0.05, 0) is 36.6 Å². The summed E-state index contributed by atoms with van der Waals surface area (Å²) in [6.45, 7) is 2.62. The van der Waals surface area contributed by atoms with Gasteiger partial charge in [0.2, 0.25) is 0 Å². The standard InChI is InChI=1S/C15H16ClN3O2/c1-9-7-11(9)13-5-3-10(21-13)8-19(2)15(20)12-4-6-14(16)18-17-12/h3-6,9,11H,7-8H2,1-2H3. The molecule has 1 amide bonds. The highest BCUT2D eigenvalue weighted by Crippen LogP contribution is 2.47. The van der Waals surface area contributed by atoms with Crippen LogP contribution in [0.25, 0.3) is 0 Å². The summed E-state index contributed by atoms with van der Waals surface area (Å²) in [7, 11) is 1.71. The highest BCUT2D eigenvalue weighted by atomic mass is 35.5. The summed E-state index contributed by atoms with van der Waals surface area (Å²) < 4.78 is 5.80. The number of halogens is 1. The maximum atomic E-state index is 12.2. The zero-order valence-corrected chi connectivity index (χ0v) is 12.7. The summed E-state index contributed by atoms with van der Waals surface area (Å²) in [5.41, 5.74) is 0.268. The van der Waals surface area contributed by atoms with E-state index in [4.69, 9.17) is 16.0 Å². The molecule has 21 heavy (non-hydrogen) atoms. The Labute approximate surface area is 127 Å². The van der Waals surface area contributed by atoms with E-state index in [2.05, 4.69) is 17.1 Å². The Balaban J connectivity index is 1.65. The molecule has 5 nitrogen and oxygen atoms in total. The van der Waals surface area contributed by atoms with E-state index in [9.17, 15) is 4.79 Å². The van der Waals surface area contributed by atoms with Crippen LogP contribution in [0.5, 0.6) is 0 Å². The van der Waals surface area contributed by atoms with Crippen LogP contribution in [0.4, 0.5) is 0 Å². The number of rotatable bonds is 4. The summed E-state index contributed by atoms with van der Waals surface area (Å²) in [6, 6.07) is 7.05. The first kappa shape index (κ1) is 14.1. The van der Waals surface area contributed by atoms with Crippen molar-refractivity contribution in [1.29, 1.82) is 0 Å². The van der Waals surface area contributed by atoms with Crippen LogP contribution in [0, 0.1) is 5.92 Å². The van der Waals surface area contributed by atoms with E-state index in [0.717, 1.165) is 11.5 Å². The minimum Gasteiger partial charge on any atom is -0.464 e. The van der Waals surface area contributed by atoms with Gasteiger partial charge in [0.25, 0.3) is 5.91 Å². The molecule has 0 bridgehead atoms. The zero-order chi connectivity index (χ0) is 15.0. The van der Waals surface area contributed by atoms with Crippen LogP contribution in [0.15, 0.2) is 28.7 Å². The van der Waals surface area contributed by atoms with E-state index >= 15 is 0 Å². The van der Waals surface area contributed by atoms with Gasteiger partial charge < -0.3 is 9.32 Å². The lowest BCUT2D eigenvalue weighted by molar-refractivity contribution is 0.0768. The van der Waals surface area contributed by atoms with Crippen LogP contribution >= 0.6 is 11.6 Å². The van der Waals surface area contributed by atoms with E-state index in [-0.39, 0.29) is 16.8 Å². The zero-order valence-electron chi connectivity index (χ0n) is 11.9. The van der Waals surface area contributed by atoms with Gasteiger partial charge in [-0.3, -0.25) is 4.79 Å². The van der Waals surface area contributed by atoms with Crippen molar-refractivity contribution in [2.75, 3.05) is 7.05 Å². The summed E-state index contributed by atoms with van der Waals surface area (Å²) in [5.74, 6) is 2.83. The Morgan fingerprint density at radius 3 is 2.76 bits per heavy atom. The van der Waals surface area contributed by atoms with Crippen molar-refractivity contribution in [1.82, 2.24) is 15.1 Å². The lowest BCUT2D eigenvalue weighted by Gasteiger charge is -2.14. The fraction of sp³-hybridized carbons (Fsp3) is 0.400. The van der Waals surface area contributed by atoms with Gasteiger partial charge in [0.15, 0.2) is 10.8 Å². The van der Waals surface area contributed by atoms with Crippen LogP contribution < -0.4 is 0 Å². The number of hydrogen-bond acceptors (Lipinski definition) is 4. The lowest BCUT2D eigenvalue weighted by atomic mass is 10.3. The van der Waals surface area contributed by atoms with Crippen LogP contribution in [0.1, 0.15) is 41.3 Å². The third-order valence-corrected chi connectivity index (χ3v) is 3.95. The number of carbonyl (C=O) groups excluding carboxylic acids is 1. The lowest BCUT2D eigenvalue weighted by Crippen LogP contribution is -2.27. The molecule has 0 N–H and O–H groups in total. The Bertz CT molecular complexity index is 653. The molecular weight excluding hydrogens is 290 g/mol. The first-order valence-corrected chi connectivity index (χ1v) is 7.25. The first-order chi connectivity index (χ1) is 10.0. The predicted octanol–water partition coefficient (Wildman–Crippen LogP) is 3.12. The molecule has 2 heterocycles. The molecule has 1 saturated carbocycles. The Hall–Kier alpha value is -1.88. The molecule has 0 aliphatic heterocycles. The molecule has 1 aliphatic rings. The topological polar surface area (TPSA) is 59.2 Å². The molecule has 3 rings (SSSR count). The van der Waals surface area contributed by atoms with Gasteiger partial charge in [-0.25, -0.2) is 0 Å². The van der Waals surface area contributed by atoms with Crippen molar-refractivity contribution in [3.05, 3.63) is 46.6 Å². The van der Waals surface area contributed by atoms with E-state index in [1.165, 1.54) is 6.42 Å². The molecule has 0 aromatic carbocycles. The Morgan fingerprint density at radius 2 is 2.14 bits per heavy atom. The maximum absolute atomic E-state index is 12.2. The van der Waals surface area contributed by atoms with Gasteiger partial charge in [0.05, 0.1) is 6.54 Å². The molecule has 2 unspecified atom stereocenters.